The Bertz CT molecular complexity index is 153. The highest BCUT2D eigenvalue weighted by Crippen LogP contribution is 1.88. The monoisotopic (exact) mass is 182 g/mol. The maximum Gasteiger partial charge on any atom is 0.542 e. The lowest BCUT2D eigenvalue weighted by molar-refractivity contribution is -0.600. The highest BCUT2D eigenvalue weighted by molar-refractivity contribution is 5.58. The average Bonchev–Trinajstić information content (AvgIpc) is 1.98. The summed E-state index contributed by atoms with van der Waals surface area (Å²) in [5.41, 5.74) is 0. The van der Waals surface area contributed by atoms with Crippen LogP contribution < -0.4 is 0 Å². The normalized spacial score (nSPS) is 8.75. The van der Waals surface area contributed by atoms with E-state index < -0.39 is 12.3 Å². The minimum Gasteiger partial charge on any atom is -0.448 e. The van der Waals surface area contributed by atoms with Gasteiger partial charge in [-0.1, -0.05) is 0 Å². The third-order valence-corrected chi connectivity index (χ3v) is 0.497. The van der Waals surface area contributed by atoms with Crippen LogP contribution >= 0.6 is 0 Å². The fourth-order valence-electron chi connectivity index (χ4n) is 0.227. The zero-order valence-electron chi connectivity index (χ0n) is 6.01. The summed E-state index contributed by atoms with van der Waals surface area (Å²) in [5.74, 6) is 0. The molecule has 0 radical (unpaired) electrons. The van der Waals surface area contributed by atoms with Crippen LogP contribution in [0.25, 0.3) is 0 Å². The Morgan fingerprint density at radius 3 is 2.33 bits per heavy atom. The minimum absolute atomic E-state index is 0.0853. The molecule has 12 heavy (non-hydrogen) atoms. The Balaban J connectivity index is 3.19. The highest BCUT2D eigenvalue weighted by atomic mass is 17.7. The van der Waals surface area contributed by atoms with E-state index in [-0.39, 0.29) is 6.61 Å². The summed E-state index contributed by atoms with van der Waals surface area (Å²) < 4.78 is 4.18. The molecular formula is C4H6O8. The summed E-state index contributed by atoms with van der Waals surface area (Å²) in [4.78, 5) is 26.8. The number of ether oxygens (including phenoxy) is 1. The van der Waals surface area contributed by atoms with Gasteiger partial charge in [-0.15, -0.1) is 0 Å². The van der Waals surface area contributed by atoms with Gasteiger partial charge in [-0.25, -0.2) is 19.4 Å². The first-order chi connectivity index (χ1) is 5.66. The minimum atomic E-state index is -1.75. The molecule has 0 bridgehead atoms. The van der Waals surface area contributed by atoms with Crippen molar-refractivity contribution in [3.63, 3.8) is 0 Å². The van der Waals surface area contributed by atoms with Crippen LogP contribution in [0.2, 0.25) is 0 Å². The molecule has 0 heterocycles. The molecular weight excluding hydrogens is 176 g/mol. The number of carbonyl (C=O) groups excluding carboxylic acids is 1. The molecule has 0 saturated heterocycles. The molecule has 0 amide bonds. The van der Waals surface area contributed by atoms with Crippen molar-refractivity contribution in [2.45, 2.75) is 6.92 Å². The van der Waals surface area contributed by atoms with Crippen molar-refractivity contribution < 1.29 is 39.3 Å². The van der Waals surface area contributed by atoms with Gasteiger partial charge in [0.1, 0.15) is 0 Å². The fourth-order valence-corrected chi connectivity index (χ4v) is 0.227. The lowest BCUT2D eigenvalue weighted by atomic mass is 10.9. The first-order valence-electron chi connectivity index (χ1n) is 2.74. The molecule has 0 unspecified atom stereocenters. The quantitative estimate of drug-likeness (QED) is 0.292. The van der Waals surface area contributed by atoms with Crippen LogP contribution in [0.1, 0.15) is 6.92 Å². The molecule has 0 aromatic rings. The van der Waals surface area contributed by atoms with Gasteiger partial charge < -0.3 is 9.84 Å². The SMILES string of the molecule is CCOC(=O)OOOOC(=O)O. The molecule has 0 rings (SSSR count). The van der Waals surface area contributed by atoms with Gasteiger partial charge >= 0.3 is 12.3 Å². The van der Waals surface area contributed by atoms with E-state index in [0.29, 0.717) is 0 Å². The molecule has 8 nitrogen and oxygen atoms in total. The second kappa shape index (κ2) is 6.19. The van der Waals surface area contributed by atoms with Gasteiger partial charge in [-0.3, -0.25) is 0 Å². The Morgan fingerprint density at radius 1 is 1.25 bits per heavy atom. The van der Waals surface area contributed by atoms with Crippen molar-refractivity contribution in [2.75, 3.05) is 6.61 Å². The topological polar surface area (TPSA) is 101 Å². The number of carboxylic acid groups (broad SMARTS) is 1. The van der Waals surface area contributed by atoms with Gasteiger partial charge in [0.15, 0.2) is 0 Å². The van der Waals surface area contributed by atoms with Crippen molar-refractivity contribution >= 4 is 12.3 Å². The fraction of sp³-hybridized carbons (Fsp3) is 0.500. The van der Waals surface area contributed by atoms with E-state index in [2.05, 4.69) is 24.6 Å². The van der Waals surface area contributed by atoms with E-state index in [1.165, 1.54) is 6.92 Å². The van der Waals surface area contributed by atoms with Crippen LogP contribution in [0.15, 0.2) is 0 Å². The zero-order chi connectivity index (χ0) is 9.40. The van der Waals surface area contributed by atoms with Crippen molar-refractivity contribution in [1.82, 2.24) is 0 Å². The first-order valence-corrected chi connectivity index (χ1v) is 2.74. The number of hydrogen-bond donors (Lipinski definition) is 1. The van der Waals surface area contributed by atoms with E-state index in [1.807, 2.05) is 0 Å². The third-order valence-electron chi connectivity index (χ3n) is 0.497. The molecule has 0 fully saturated rings. The van der Waals surface area contributed by atoms with Gasteiger partial charge in [0.25, 0.3) is 0 Å². The van der Waals surface area contributed by atoms with Crippen LogP contribution in [-0.4, -0.2) is 24.0 Å². The van der Waals surface area contributed by atoms with Crippen LogP contribution in [-0.2, 0) is 24.6 Å². The second-order valence-electron chi connectivity index (χ2n) is 1.25. The smallest absolute Gasteiger partial charge is 0.448 e. The second-order valence-corrected chi connectivity index (χ2v) is 1.25. The highest BCUT2D eigenvalue weighted by Gasteiger charge is 2.05. The first kappa shape index (κ1) is 10.5. The molecule has 0 atom stereocenters. The number of hydrogen-bond acceptors (Lipinski definition) is 7. The van der Waals surface area contributed by atoms with Crippen molar-refractivity contribution in [2.24, 2.45) is 0 Å². The molecule has 0 aliphatic carbocycles. The van der Waals surface area contributed by atoms with Crippen molar-refractivity contribution in [1.29, 1.82) is 0 Å². The van der Waals surface area contributed by atoms with Gasteiger partial charge in [0.05, 0.1) is 6.61 Å². The van der Waals surface area contributed by atoms with Crippen LogP contribution in [0.3, 0.4) is 0 Å². The third kappa shape index (κ3) is 6.58. The summed E-state index contributed by atoms with van der Waals surface area (Å²) in [6, 6.07) is 0. The van der Waals surface area contributed by atoms with Crippen LogP contribution in [0, 0.1) is 0 Å². The summed E-state index contributed by atoms with van der Waals surface area (Å²) in [6.07, 6.45) is -2.92. The van der Waals surface area contributed by atoms with E-state index in [0.717, 1.165) is 0 Å². The van der Waals surface area contributed by atoms with Crippen LogP contribution in [0.4, 0.5) is 9.59 Å². The molecule has 0 aromatic carbocycles. The molecule has 1 N–H and O–H groups in total. The summed E-state index contributed by atoms with van der Waals surface area (Å²) in [7, 11) is 0. The van der Waals surface area contributed by atoms with Crippen LogP contribution in [0.5, 0.6) is 0 Å². The maximum atomic E-state index is 10.2. The lowest BCUT2D eigenvalue weighted by Gasteiger charge is -1.98. The van der Waals surface area contributed by atoms with Crippen molar-refractivity contribution in [3.05, 3.63) is 0 Å². The Hall–Kier alpha value is -1.54. The summed E-state index contributed by atoms with van der Waals surface area (Å²) in [5, 5.41) is 14.7. The number of carbonyl (C=O) groups is 2. The Kier molecular flexibility index (Phi) is 5.39. The summed E-state index contributed by atoms with van der Waals surface area (Å²) >= 11 is 0. The predicted octanol–water partition coefficient (Wildman–Crippen LogP) is 0.632. The molecule has 0 aromatic heterocycles. The maximum absolute atomic E-state index is 10.2. The standard InChI is InChI=1S/C4H6O8/c1-2-8-4(7)10-12-11-9-3(5)6/h2H2,1H3,(H,5,6). The summed E-state index contributed by atoms with van der Waals surface area (Å²) in [6.45, 7) is 1.62. The Morgan fingerprint density at radius 2 is 1.83 bits per heavy atom. The molecule has 0 saturated carbocycles. The van der Waals surface area contributed by atoms with E-state index >= 15 is 0 Å². The lowest BCUT2D eigenvalue weighted by Crippen LogP contribution is -2.10. The van der Waals surface area contributed by atoms with E-state index in [9.17, 15) is 9.59 Å². The average molecular weight is 182 g/mol. The molecule has 70 valence electrons. The predicted molar refractivity (Wildman–Crippen MR) is 29.4 cm³/mol. The van der Waals surface area contributed by atoms with Gasteiger partial charge in [0, 0.05) is 10.1 Å². The van der Waals surface area contributed by atoms with Gasteiger partial charge in [-0.05, 0) is 6.92 Å². The van der Waals surface area contributed by atoms with Gasteiger partial charge in [0.2, 0.25) is 0 Å². The largest absolute Gasteiger partial charge is 0.542 e. The molecule has 0 spiro atoms. The number of rotatable bonds is 4. The Labute approximate surface area is 66.3 Å². The van der Waals surface area contributed by atoms with E-state index in [4.69, 9.17) is 5.11 Å². The van der Waals surface area contributed by atoms with Crippen molar-refractivity contribution in [3.8, 4) is 0 Å². The van der Waals surface area contributed by atoms with E-state index in [1.54, 1.807) is 0 Å². The van der Waals surface area contributed by atoms with Gasteiger partial charge in [-0.2, -0.15) is 0 Å². The molecule has 0 aliphatic heterocycles. The molecule has 8 heteroatoms. The zero-order valence-corrected chi connectivity index (χ0v) is 6.01. The molecule has 0 aliphatic rings.